The van der Waals surface area contributed by atoms with Crippen molar-refractivity contribution in [3.63, 3.8) is 0 Å². The van der Waals surface area contributed by atoms with E-state index in [2.05, 4.69) is 0 Å². The van der Waals surface area contributed by atoms with E-state index in [1.807, 2.05) is 0 Å². The highest BCUT2D eigenvalue weighted by molar-refractivity contribution is 4.85. The fraction of sp³-hybridized carbons (Fsp3) is 1.00. The summed E-state index contributed by atoms with van der Waals surface area (Å²) in [5, 5.41) is 35.8. The second-order valence-electron chi connectivity index (χ2n) is 2.75. The Bertz CT molecular complexity index is 104. The zero-order chi connectivity index (χ0) is 7.72. The van der Waals surface area contributed by atoms with E-state index in [1.54, 1.807) is 0 Å². The predicted octanol–water partition coefficient (Wildman–Crippen LogP) is -1.78. The van der Waals surface area contributed by atoms with Crippen molar-refractivity contribution in [1.29, 1.82) is 0 Å². The molecule has 60 valence electrons. The third-order valence-electron chi connectivity index (χ3n) is 1.82. The van der Waals surface area contributed by atoms with Gasteiger partial charge in [0.15, 0.2) is 0 Å². The van der Waals surface area contributed by atoms with Gasteiger partial charge in [-0.3, -0.25) is 0 Å². The van der Waals surface area contributed by atoms with Crippen molar-refractivity contribution in [3.8, 4) is 0 Å². The Morgan fingerprint density at radius 2 is 1.20 bits per heavy atom. The SMILES string of the molecule is OC1C[C@@H](O)C(O)[C@H](O)C1. The number of hydrogen-bond acceptors (Lipinski definition) is 4. The quantitative estimate of drug-likeness (QED) is 0.327. The van der Waals surface area contributed by atoms with Crippen molar-refractivity contribution >= 4 is 0 Å². The Morgan fingerprint density at radius 1 is 0.800 bits per heavy atom. The standard InChI is InChI=1S/C6H12O4/c7-3-1-4(8)6(10)5(9)2-3/h3-10H,1-2H2/t3?,4-,5-,6?/m1/s1. The van der Waals surface area contributed by atoms with Crippen LogP contribution in [-0.2, 0) is 0 Å². The van der Waals surface area contributed by atoms with Crippen LogP contribution in [-0.4, -0.2) is 44.8 Å². The van der Waals surface area contributed by atoms with Gasteiger partial charge in [-0.15, -0.1) is 0 Å². The molecule has 1 aliphatic rings. The number of aliphatic hydroxyl groups is 4. The van der Waals surface area contributed by atoms with E-state index in [-0.39, 0.29) is 12.8 Å². The van der Waals surface area contributed by atoms with Crippen LogP contribution in [0, 0.1) is 0 Å². The molecule has 0 unspecified atom stereocenters. The van der Waals surface area contributed by atoms with Crippen LogP contribution in [0.15, 0.2) is 0 Å². The summed E-state index contributed by atoms with van der Waals surface area (Å²) >= 11 is 0. The van der Waals surface area contributed by atoms with E-state index in [9.17, 15) is 0 Å². The molecule has 0 aromatic carbocycles. The first-order valence-corrected chi connectivity index (χ1v) is 3.33. The lowest BCUT2D eigenvalue weighted by Gasteiger charge is -2.31. The van der Waals surface area contributed by atoms with Crippen molar-refractivity contribution in [3.05, 3.63) is 0 Å². The van der Waals surface area contributed by atoms with Crippen molar-refractivity contribution < 1.29 is 20.4 Å². The third-order valence-corrected chi connectivity index (χ3v) is 1.82. The van der Waals surface area contributed by atoms with Crippen molar-refractivity contribution in [1.82, 2.24) is 0 Å². The van der Waals surface area contributed by atoms with Crippen LogP contribution in [0.2, 0.25) is 0 Å². The molecule has 1 aliphatic carbocycles. The van der Waals surface area contributed by atoms with E-state index in [0.717, 1.165) is 0 Å². The summed E-state index contributed by atoms with van der Waals surface area (Å²) in [7, 11) is 0. The van der Waals surface area contributed by atoms with Crippen LogP contribution in [0.1, 0.15) is 12.8 Å². The van der Waals surface area contributed by atoms with Crippen LogP contribution < -0.4 is 0 Å². The van der Waals surface area contributed by atoms with Gasteiger partial charge in [-0.25, -0.2) is 0 Å². The van der Waals surface area contributed by atoms with Gasteiger partial charge in [0.1, 0.15) is 6.10 Å². The molecule has 1 saturated carbocycles. The minimum absolute atomic E-state index is 0.151. The summed E-state index contributed by atoms with van der Waals surface area (Å²) in [6.45, 7) is 0. The molecule has 0 radical (unpaired) electrons. The molecule has 2 atom stereocenters. The maximum atomic E-state index is 8.95. The van der Waals surface area contributed by atoms with Gasteiger partial charge in [0, 0.05) is 12.8 Å². The Balaban J connectivity index is 2.49. The number of hydrogen-bond donors (Lipinski definition) is 4. The normalized spacial score (nSPS) is 49.2. The fourth-order valence-corrected chi connectivity index (χ4v) is 1.19. The minimum Gasteiger partial charge on any atom is -0.393 e. The van der Waals surface area contributed by atoms with Crippen LogP contribution >= 0.6 is 0 Å². The van der Waals surface area contributed by atoms with E-state index in [0.29, 0.717) is 0 Å². The molecule has 0 spiro atoms. The molecule has 4 N–H and O–H groups in total. The molecular formula is C6H12O4. The monoisotopic (exact) mass is 148 g/mol. The van der Waals surface area contributed by atoms with Gasteiger partial charge < -0.3 is 20.4 Å². The van der Waals surface area contributed by atoms with Crippen LogP contribution in [0.25, 0.3) is 0 Å². The second kappa shape index (κ2) is 2.84. The van der Waals surface area contributed by atoms with Gasteiger partial charge in [-0.1, -0.05) is 0 Å². The first-order chi connectivity index (χ1) is 4.61. The average Bonchev–Trinajstić information content (AvgIpc) is 1.82. The van der Waals surface area contributed by atoms with Crippen molar-refractivity contribution in [2.75, 3.05) is 0 Å². The Hall–Kier alpha value is -0.160. The summed E-state index contributed by atoms with van der Waals surface area (Å²) in [5.74, 6) is 0. The average molecular weight is 148 g/mol. The summed E-state index contributed by atoms with van der Waals surface area (Å²) in [6, 6.07) is 0. The zero-order valence-electron chi connectivity index (χ0n) is 5.51. The molecule has 4 heteroatoms. The summed E-state index contributed by atoms with van der Waals surface area (Å²) in [4.78, 5) is 0. The zero-order valence-corrected chi connectivity index (χ0v) is 5.51. The van der Waals surface area contributed by atoms with Crippen molar-refractivity contribution in [2.45, 2.75) is 37.3 Å². The van der Waals surface area contributed by atoms with Gasteiger partial charge in [0.25, 0.3) is 0 Å². The molecule has 0 bridgehead atoms. The van der Waals surface area contributed by atoms with Crippen molar-refractivity contribution in [2.24, 2.45) is 0 Å². The Labute approximate surface area is 58.7 Å². The van der Waals surface area contributed by atoms with E-state index in [4.69, 9.17) is 20.4 Å². The topological polar surface area (TPSA) is 80.9 Å². The fourth-order valence-electron chi connectivity index (χ4n) is 1.19. The first-order valence-electron chi connectivity index (χ1n) is 3.33. The van der Waals surface area contributed by atoms with Gasteiger partial charge in [0.2, 0.25) is 0 Å². The van der Waals surface area contributed by atoms with Crippen LogP contribution in [0.5, 0.6) is 0 Å². The molecule has 10 heavy (non-hydrogen) atoms. The largest absolute Gasteiger partial charge is 0.393 e. The number of rotatable bonds is 0. The molecule has 0 aromatic rings. The lowest BCUT2D eigenvalue weighted by atomic mass is 9.90. The lowest BCUT2D eigenvalue weighted by Crippen LogP contribution is -2.46. The van der Waals surface area contributed by atoms with Crippen LogP contribution in [0.3, 0.4) is 0 Å². The van der Waals surface area contributed by atoms with E-state index in [1.165, 1.54) is 0 Å². The van der Waals surface area contributed by atoms with Gasteiger partial charge in [-0.05, 0) is 0 Å². The molecule has 0 heterocycles. The van der Waals surface area contributed by atoms with E-state index < -0.39 is 24.4 Å². The highest BCUT2D eigenvalue weighted by atomic mass is 16.4. The van der Waals surface area contributed by atoms with Gasteiger partial charge >= 0.3 is 0 Å². The molecule has 0 amide bonds. The molecule has 0 saturated heterocycles. The molecule has 0 aromatic heterocycles. The predicted molar refractivity (Wildman–Crippen MR) is 33.3 cm³/mol. The summed E-state index contributed by atoms with van der Waals surface area (Å²) < 4.78 is 0. The first kappa shape index (κ1) is 7.94. The minimum atomic E-state index is -1.09. The Morgan fingerprint density at radius 3 is 1.60 bits per heavy atom. The van der Waals surface area contributed by atoms with E-state index >= 15 is 0 Å². The maximum Gasteiger partial charge on any atom is 0.106 e. The molecule has 1 fully saturated rings. The maximum absolute atomic E-state index is 8.95. The third kappa shape index (κ3) is 1.46. The van der Waals surface area contributed by atoms with Crippen LogP contribution in [0.4, 0.5) is 0 Å². The smallest absolute Gasteiger partial charge is 0.106 e. The lowest BCUT2D eigenvalue weighted by molar-refractivity contribution is -0.116. The van der Waals surface area contributed by atoms with Gasteiger partial charge in [0.05, 0.1) is 18.3 Å². The highest BCUT2D eigenvalue weighted by Gasteiger charge is 2.33. The molecule has 4 nitrogen and oxygen atoms in total. The molecule has 1 rings (SSSR count). The Kier molecular flexibility index (Phi) is 2.25. The van der Waals surface area contributed by atoms with Gasteiger partial charge in [-0.2, -0.15) is 0 Å². The highest BCUT2D eigenvalue weighted by Crippen LogP contribution is 2.19. The summed E-state index contributed by atoms with van der Waals surface area (Å²) in [5.41, 5.74) is 0. The molecule has 0 aliphatic heterocycles. The molecular weight excluding hydrogens is 136 g/mol. The number of aliphatic hydroxyl groups excluding tert-OH is 4. The second-order valence-corrected chi connectivity index (χ2v) is 2.75. The summed E-state index contributed by atoms with van der Waals surface area (Å²) in [6.07, 6.45) is -3.45.